The molecule has 0 aromatic heterocycles. The summed E-state index contributed by atoms with van der Waals surface area (Å²) in [6.45, 7) is 0. The number of halogens is 4. The molecule has 21 heavy (non-hydrogen) atoms. The maximum atomic E-state index is 12.7. The van der Waals surface area contributed by atoms with Crippen molar-refractivity contribution in [1.29, 1.82) is 0 Å². The largest absolute Gasteiger partial charge is 0.507 e. The molecule has 1 aromatic rings. The first-order valence-corrected chi connectivity index (χ1v) is 7.03. The van der Waals surface area contributed by atoms with Crippen molar-refractivity contribution in [2.45, 2.75) is 6.18 Å². The van der Waals surface area contributed by atoms with Crippen LogP contribution in [0.2, 0.25) is 0 Å². The van der Waals surface area contributed by atoms with Crippen LogP contribution in [0.1, 0.15) is 11.1 Å². The number of thioether (sulfide) groups is 1. The molecule has 1 aliphatic rings. The van der Waals surface area contributed by atoms with Crippen LogP contribution in [0.3, 0.4) is 0 Å². The highest BCUT2D eigenvalue weighted by atomic mass is 79.9. The molecular formula is C12H7BrF3NO3S. The van der Waals surface area contributed by atoms with E-state index in [0.717, 1.165) is 11.0 Å². The highest BCUT2D eigenvalue weighted by Gasteiger charge is 2.35. The molecule has 2 amide bonds. The predicted molar refractivity (Wildman–Crippen MR) is 74.5 cm³/mol. The Morgan fingerprint density at radius 2 is 1.95 bits per heavy atom. The molecule has 1 fully saturated rings. The van der Waals surface area contributed by atoms with Crippen LogP contribution >= 0.6 is 27.7 Å². The van der Waals surface area contributed by atoms with Gasteiger partial charge in [-0.3, -0.25) is 14.5 Å². The summed E-state index contributed by atoms with van der Waals surface area (Å²) < 4.78 is 38.4. The van der Waals surface area contributed by atoms with Gasteiger partial charge in [-0.15, -0.1) is 0 Å². The number of likely N-dealkylation sites (N-methyl/N-ethyl adjacent to an activating group) is 1. The Hall–Kier alpha value is -1.48. The second-order valence-corrected chi connectivity index (χ2v) is 5.98. The number of phenols is 1. The maximum Gasteiger partial charge on any atom is 0.419 e. The number of benzene rings is 1. The topological polar surface area (TPSA) is 57.6 Å². The lowest BCUT2D eigenvalue weighted by Gasteiger charge is -2.11. The molecule has 0 radical (unpaired) electrons. The summed E-state index contributed by atoms with van der Waals surface area (Å²) in [4.78, 5) is 23.9. The molecule has 4 nitrogen and oxygen atoms in total. The third-order valence-electron chi connectivity index (χ3n) is 2.69. The molecule has 112 valence electrons. The van der Waals surface area contributed by atoms with E-state index in [2.05, 4.69) is 15.9 Å². The zero-order valence-corrected chi connectivity index (χ0v) is 12.8. The molecule has 0 spiro atoms. The second kappa shape index (κ2) is 5.38. The molecule has 1 aliphatic heterocycles. The van der Waals surface area contributed by atoms with E-state index in [9.17, 15) is 27.9 Å². The number of nitrogens with zero attached hydrogens (tertiary/aromatic N) is 1. The zero-order chi connectivity index (χ0) is 15.9. The van der Waals surface area contributed by atoms with Crippen molar-refractivity contribution in [3.8, 4) is 5.75 Å². The van der Waals surface area contributed by atoms with Gasteiger partial charge in [0.1, 0.15) is 5.75 Å². The molecule has 1 aromatic carbocycles. The standard InChI is InChI=1S/C12H7BrF3NO3S/c1-17-10(19)9(21-11(17)20)3-5-2-6(12(14,15)16)8(18)4-7(5)13/h2-4,18H,1H3/b9-3-. The van der Waals surface area contributed by atoms with Gasteiger partial charge in [0.2, 0.25) is 0 Å². The third-order valence-corrected chi connectivity index (χ3v) is 4.34. The number of amides is 2. The van der Waals surface area contributed by atoms with Gasteiger partial charge in [-0.1, -0.05) is 15.9 Å². The minimum absolute atomic E-state index is 0.0158. The Morgan fingerprint density at radius 3 is 2.43 bits per heavy atom. The first kappa shape index (κ1) is 15.9. The van der Waals surface area contributed by atoms with Crippen molar-refractivity contribution in [2.24, 2.45) is 0 Å². The summed E-state index contributed by atoms with van der Waals surface area (Å²) in [5.74, 6) is -1.51. The van der Waals surface area contributed by atoms with Gasteiger partial charge in [0, 0.05) is 11.5 Å². The van der Waals surface area contributed by atoms with Crippen LogP contribution in [0.25, 0.3) is 6.08 Å². The molecule has 0 bridgehead atoms. The van der Waals surface area contributed by atoms with Gasteiger partial charge in [0.15, 0.2) is 0 Å². The fourth-order valence-electron chi connectivity index (χ4n) is 1.60. The van der Waals surface area contributed by atoms with Crippen molar-refractivity contribution in [1.82, 2.24) is 4.90 Å². The predicted octanol–water partition coefficient (Wildman–Crippen LogP) is 3.84. The van der Waals surface area contributed by atoms with E-state index in [1.807, 2.05) is 0 Å². The van der Waals surface area contributed by atoms with Gasteiger partial charge >= 0.3 is 6.18 Å². The van der Waals surface area contributed by atoms with Crippen molar-refractivity contribution in [3.05, 3.63) is 32.6 Å². The lowest BCUT2D eigenvalue weighted by molar-refractivity contribution is -0.138. The van der Waals surface area contributed by atoms with E-state index in [4.69, 9.17) is 0 Å². The molecule has 1 heterocycles. The van der Waals surface area contributed by atoms with E-state index >= 15 is 0 Å². The number of aromatic hydroxyl groups is 1. The monoisotopic (exact) mass is 381 g/mol. The van der Waals surface area contributed by atoms with Crippen LogP contribution in [-0.2, 0) is 11.0 Å². The molecule has 0 atom stereocenters. The van der Waals surface area contributed by atoms with E-state index in [1.54, 1.807) is 0 Å². The Bertz CT molecular complexity index is 672. The third kappa shape index (κ3) is 3.08. The summed E-state index contributed by atoms with van der Waals surface area (Å²) in [5.41, 5.74) is -1.17. The molecule has 2 rings (SSSR count). The number of phenolic OH excluding ortho intramolecular Hbond substituents is 1. The minimum Gasteiger partial charge on any atom is -0.507 e. The number of carbonyl (C=O) groups is 2. The number of alkyl halides is 3. The lowest BCUT2D eigenvalue weighted by Crippen LogP contribution is -2.22. The Morgan fingerprint density at radius 1 is 1.33 bits per heavy atom. The van der Waals surface area contributed by atoms with Crippen LogP contribution in [0.15, 0.2) is 21.5 Å². The van der Waals surface area contributed by atoms with Crippen LogP contribution < -0.4 is 0 Å². The molecule has 0 unspecified atom stereocenters. The maximum absolute atomic E-state index is 12.7. The average molecular weight is 382 g/mol. The van der Waals surface area contributed by atoms with Crippen molar-refractivity contribution < 1.29 is 27.9 Å². The molecule has 9 heteroatoms. The molecule has 0 aliphatic carbocycles. The quantitative estimate of drug-likeness (QED) is 0.750. The summed E-state index contributed by atoms with van der Waals surface area (Å²) in [6, 6.07) is 1.61. The highest BCUT2D eigenvalue weighted by Crippen LogP contribution is 2.40. The number of hydrogen-bond donors (Lipinski definition) is 1. The number of rotatable bonds is 1. The fraction of sp³-hybridized carbons (Fsp3) is 0.167. The normalized spacial score (nSPS) is 18.0. The average Bonchev–Trinajstić information content (AvgIpc) is 2.59. The van der Waals surface area contributed by atoms with Gasteiger partial charge in [-0.05, 0) is 35.5 Å². The van der Waals surface area contributed by atoms with Gasteiger partial charge in [0.25, 0.3) is 11.1 Å². The summed E-state index contributed by atoms with van der Waals surface area (Å²) in [5, 5.41) is 8.84. The Labute approximate surface area is 129 Å². The van der Waals surface area contributed by atoms with Crippen molar-refractivity contribution in [2.75, 3.05) is 7.05 Å². The minimum atomic E-state index is -4.72. The van der Waals surface area contributed by atoms with Crippen molar-refractivity contribution >= 4 is 44.9 Å². The molecular weight excluding hydrogens is 375 g/mol. The fourth-order valence-corrected chi connectivity index (χ4v) is 2.87. The number of hydrogen-bond acceptors (Lipinski definition) is 4. The first-order valence-electron chi connectivity index (χ1n) is 5.42. The second-order valence-electron chi connectivity index (χ2n) is 4.13. The summed E-state index contributed by atoms with van der Waals surface area (Å²) >= 11 is 3.65. The van der Waals surface area contributed by atoms with Gasteiger partial charge in [0.05, 0.1) is 10.5 Å². The zero-order valence-electron chi connectivity index (χ0n) is 10.4. The molecule has 1 N–H and O–H groups in total. The SMILES string of the molecule is CN1C(=O)S/C(=C\c2cc(C(F)(F)F)c(O)cc2Br)C1=O. The number of imide groups is 1. The smallest absolute Gasteiger partial charge is 0.419 e. The Kier molecular flexibility index (Phi) is 4.07. The van der Waals surface area contributed by atoms with Gasteiger partial charge in [-0.25, -0.2) is 0 Å². The van der Waals surface area contributed by atoms with Crippen LogP contribution in [0, 0.1) is 0 Å². The molecule has 0 saturated carbocycles. The number of carbonyl (C=O) groups excluding carboxylic acids is 2. The Balaban J connectivity index is 2.51. The van der Waals surface area contributed by atoms with Crippen molar-refractivity contribution in [3.63, 3.8) is 0 Å². The van der Waals surface area contributed by atoms with E-state index < -0.39 is 28.6 Å². The van der Waals surface area contributed by atoms with Gasteiger partial charge in [-0.2, -0.15) is 13.2 Å². The van der Waals surface area contributed by atoms with Gasteiger partial charge < -0.3 is 5.11 Å². The highest BCUT2D eigenvalue weighted by molar-refractivity contribution is 9.10. The summed E-state index contributed by atoms with van der Waals surface area (Å²) in [6.07, 6.45) is -3.55. The van der Waals surface area contributed by atoms with E-state index in [-0.39, 0.29) is 14.9 Å². The molecule has 1 saturated heterocycles. The van der Waals surface area contributed by atoms with Crippen LogP contribution in [0.5, 0.6) is 5.75 Å². The first-order chi connectivity index (χ1) is 9.61. The van der Waals surface area contributed by atoms with E-state index in [0.29, 0.717) is 17.8 Å². The van der Waals surface area contributed by atoms with Crippen LogP contribution in [-0.4, -0.2) is 28.2 Å². The lowest BCUT2D eigenvalue weighted by atomic mass is 10.1. The van der Waals surface area contributed by atoms with E-state index in [1.165, 1.54) is 13.1 Å². The van der Waals surface area contributed by atoms with Crippen LogP contribution in [0.4, 0.5) is 18.0 Å². The summed E-state index contributed by atoms with van der Waals surface area (Å²) in [7, 11) is 1.28.